The van der Waals surface area contributed by atoms with Crippen molar-refractivity contribution < 1.29 is 5.21 Å². The van der Waals surface area contributed by atoms with Gasteiger partial charge in [0.15, 0.2) is 5.84 Å². The lowest BCUT2D eigenvalue weighted by atomic mass is 10.2. The molecule has 1 aromatic carbocycles. The zero-order valence-corrected chi connectivity index (χ0v) is 12.5. The van der Waals surface area contributed by atoms with Crippen LogP contribution in [-0.4, -0.2) is 52.1 Å². The summed E-state index contributed by atoms with van der Waals surface area (Å²) in [4.78, 5) is 10.2. The largest absolute Gasteiger partial charge is 0.409 e. The van der Waals surface area contributed by atoms with E-state index >= 15 is 0 Å². The maximum Gasteiger partial charge on any atom is 0.201 e. The van der Waals surface area contributed by atoms with E-state index in [9.17, 15) is 0 Å². The number of hydrogen-bond donors (Lipinski definition) is 4. The lowest BCUT2D eigenvalue weighted by Crippen LogP contribution is -2.22. The van der Waals surface area contributed by atoms with Crippen LogP contribution in [0.1, 0.15) is 24.8 Å². The number of aromatic nitrogens is 2. The van der Waals surface area contributed by atoms with Gasteiger partial charge in [0.1, 0.15) is 0 Å². The van der Waals surface area contributed by atoms with Gasteiger partial charge in [-0.05, 0) is 51.0 Å². The van der Waals surface area contributed by atoms with Gasteiger partial charge in [-0.1, -0.05) is 11.2 Å². The SMILES string of the molecule is NC(=NO)c1cccc2nc(NCCCN3CCCC3)[nH]c12. The molecule has 1 aliphatic rings. The molecular weight excluding hydrogens is 280 g/mol. The van der Waals surface area contributed by atoms with Gasteiger partial charge in [-0.25, -0.2) is 4.98 Å². The van der Waals surface area contributed by atoms with Gasteiger partial charge in [0.05, 0.1) is 11.0 Å². The maximum absolute atomic E-state index is 8.84. The Hall–Kier alpha value is -2.28. The van der Waals surface area contributed by atoms with Crippen LogP contribution in [0.25, 0.3) is 11.0 Å². The van der Waals surface area contributed by atoms with E-state index in [1.54, 1.807) is 6.07 Å². The van der Waals surface area contributed by atoms with Crippen LogP contribution in [0.5, 0.6) is 0 Å². The summed E-state index contributed by atoms with van der Waals surface area (Å²) >= 11 is 0. The summed E-state index contributed by atoms with van der Waals surface area (Å²) in [6.45, 7) is 4.46. The molecule has 22 heavy (non-hydrogen) atoms. The number of nitrogens with one attached hydrogen (secondary N) is 2. The van der Waals surface area contributed by atoms with E-state index in [0.717, 1.165) is 36.5 Å². The highest BCUT2D eigenvalue weighted by molar-refractivity contribution is 6.07. The lowest BCUT2D eigenvalue weighted by molar-refractivity contribution is 0.318. The predicted molar refractivity (Wildman–Crippen MR) is 87.4 cm³/mol. The van der Waals surface area contributed by atoms with Crippen molar-refractivity contribution in [3.05, 3.63) is 23.8 Å². The molecule has 0 atom stereocenters. The highest BCUT2D eigenvalue weighted by Gasteiger charge is 2.11. The maximum atomic E-state index is 8.84. The number of oxime groups is 1. The van der Waals surface area contributed by atoms with Crippen molar-refractivity contribution in [3.63, 3.8) is 0 Å². The third kappa shape index (κ3) is 3.14. The highest BCUT2D eigenvalue weighted by atomic mass is 16.4. The van der Waals surface area contributed by atoms with Crippen molar-refractivity contribution in [1.82, 2.24) is 14.9 Å². The van der Waals surface area contributed by atoms with E-state index in [1.165, 1.54) is 25.9 Å². The summed E-state index contributed by atoms with van der Waals surface area (Å²) in [5, 5.41) is 15.2. The van der Waals surface area contributed by atoms with Crippen LogP contribution in [0.2, 0.25) is 0 Å². The first-order chi connectivity index (χ1) is 10.8. The fourth-order valence-electron chi connectivity index (χ4n) is 2.90. The van der Waals surface area contributed by atoms with E-state index in [1.807, 2.05) is 12.1 Å². The number of para-hydroxylation sites is 1. The van der Waals surface area contributed by atoms with Gasteiger partial charge in [0.2, 0.25) is 5.95 Å². The van der Waals surface area contributed by atoms with Crippen molar-refractivity contribution >= 4 is 22.8 Å². The Balaban J connectivity index is 1.62. The molecule has 118 valence electrons. The lowest BCUT2D eigenvalue weighted by Gasteiger charge is -2.13. The molecule has 2 aromatic rings. The Morgan fingerprint density at radius 2 is 2.23 bits per heavy atom. The molecule has 0 bridgehead atoms. The third-order valence-corrected chi connectivity index (χ3v) is 4.04. The van der Waals surface area contributed by atoms with Gasteiger partial charge in [-0.3, -0.25) is 0 Å². The van der Waals surface area contributed by atoms with E-state index in [-0.39, 0.29) is 5.84 Å². The Kier molecular flexibility index (Phi) is 4.43. The second kappa shape index (κ2) is 6.65. The van der Waals surface area contributed by atoms with E-state index < -0.39 is 0 Å². The highest BCUT2D eigenvalue weighted by Crippen LogP contribution is 2.18. The van der Waals surface area contributed by atoms with Gasteiger partial charge < -0.3 is 26.1 Å². The first kappa shape index (κ1) is 14.6. The molecule has 2 heterocycles. The van der Waals surface area contributed by atoms with Crippen LogP contribution >= 0.6 is 0 Å². The first-order valence-corrected chi connectivity index (χ1v) is 7.71. The molecule has 0 spiro atoms. The molecule has 5 N–H and O–H groups in total. The fraction of sp³-hybridized carbons (Fsp3) is 0.467. The number of likely N-dealkylation sites (tertiary alicyclic amines) is 1. The zero-order chi connectivity index (χ0) is 15.4. The number of H-pyrrole nitrogens is 1. The van der Waals surface area contributed by atoms with Crippen molar-refractivity contribution in [2.24, 2.45) is 10.9 Å². The van der Waals surface area contributed by atoms with E-state index in [0.29, 0.717) is 5.56 Å². The van der Waals surface area contributed by atoms with E-state index in [2.05, 4.69) is 25.3 Å². The second-order valence-corrected chi connectivity index (χ2v) is 5.60. The molecule has 1 aliphatic heterocycles. The smallest absolute Gasteiger partial charge is 0.201 e. The van der Waals surface area contributed by atoms with Crippen molar-refractivity contribution in [2.75, 3.05) is 31.5 Å². The van der Waals surface area contributed by atoms with Crippen molar-refractivity contribution in [2.45, 2.75) is 19.3 Å². The second-order valence-electron chi connectivity index (χ2n) is 5.60. The normalized spacial score (nSPS) is 16.5. The minimum atomic E-state index is 0.0785. The number of nitrogens with zero attached hydrogens (tertiary/aromatic N) is 3. The molecule has 3 rings (SSSR count). The molecule has 1 saturated heterocycles. The minimum absolute atomic E-state index is 0.0785. The monoisotopic (exact) mass is 302 g/mol. The molecule has 1 fully saturated rings. The van der Waals surface area contributed by atoms with Gasteiger partial charge in [0.25, 0.3) is 0 Å². The van der Waals surface area contributed by atoms with Crippen LogP contribution in [0.15, 0.2) is 23.4 Å². The number of aromatic amines is 1. The molecule has 0 amide bonds. The molecule has 7 nitrogen and oxygen atoms in total. The number of benzene rings is 1. The Bertz CT molecular complexity index is 659. The van der Waals surface area contributed by atoms with Gasteiger partial charge in [-0.2, -0.15) is 0 Å². The summed E-state index contributed by atoms with van der Waals surface area (Å²) < 4.78 is 0. The van der Waals surface area contributed by atoms with Gasteiger partial charge in [0, 0.05) is 12.1 Å². The van der Waals surface area contributed by atoms with E-state index in [4.69, 9.17) is 10.9 Å². The fourth-order valence-corrected chi connectivity index (χ4v) is 2.90. The van der Waals surface area contributed by atoms with Crippen LogP contribution < -0.4 is 11.1 Å². The van der Waals surface area contributed by atoms with Crippen LogP contribution in [0.3, 0.4) is 0 Å². The summed E-state index contributed by atoms with van der Waals surface area (Å²) in [5.41, 5.74) is 7.91. The third-order valence-electron chi connectivity index (χ3n) is 4.04. The quantitative estimate of drug-likeness (QED) is 0.213. The summed E-state index contributed by atoms with van der Waals surface area (Å²) in [6.07, 6.45) is 3.74. The number of anilines is 1. The first-order valence-electron chi connectivity index (χ1n) is 7.71. The number of imidazole rings is 1. The average Bonchev–Trinajstić information content (AvgIpc) is 3.19. The summed E-state index contributed by atoms with van der Waals surface area (Å²) in [7, 11) is 0. The van der Waals surface area contributed by atoms with Gasteiger partial charge in [-0.15, -0.1) is 0 Å². The van der Waals surface area contributed by atoms with Crippen LogP contribution in [-0.2, 0) is 0 Å². The molecule has 1 aromatic heterocycles. The molecule has 0 saturated carbocycles. The minimum Gasteiger partial charge on any atom is -0.409 e. The number of hydrogen-bond acceptors (Lipinski definition) is 5. The Morgan fingerprint density at radius 3 is 3.00 bits per heavy atom. The standard InChI is InChI=1S/C15H22N6O/c16-14(20-22)11-5-3-6-12-13(11)19-15(18-12)17-7-4-10-21-8-1-2-9-21/h3,5-6,22H,1-2,4,7-10H2,(H2,16,20)(H2,17,18,19). The number of rotatable bonds is 6. The molecule has 7 heteroatoms. The number of fused-ring (bicyclic) bond motifs is 1. The predicted octanol–water partition coefficient (Wildman–Crippen LogP) is 1.56. The topological polar surface area (TPSA) is 103 Å². The molecule has 0 aliphatic carbocycles. The number of amidine groups is 1. The molecular formula is C15H22N6O. The van der Waals surface area contributed by atoms with Crippen LogP contribution in [0, 0.1) is 0 Å². The molecule has 0 radical (unpaired) electrons. The Morgan fingerprint density at radius 1 is 1.41 bits per heavy atom. The summed E-state index contributed by atoms with van der Waals surface area (Å²) in [6, 6.07) is 5.54. The molecule has 0 unspecified atom stereocenters. The van der Waals surface area contributed by atoms with Gasteiger partial charge >= 0.3 is 0 Å². The number of nitrogens with two attached hydrogens (primary N) is 1. The van der Waals surface area contributed by atoms with Crippen LogP contribution in [0.4, 0.5) is 5.95 Å². The van der Waals surface area contributed by atoms with Crippen molar-refractivity contribution in [3.8, 4) is 0 Å². The summed E-state index contributed by atoms with van der Waals surface area (Å²) in [5.74, 6) is 0.796. The zero-order valence-electron chi connectivity index (χ0n) is 12.5. The average molecular weight is 302 g/mol. The Labute approximate surface area is 129 Å². The van der Waals surface area contributed by atoms with Crippen molar-refractivity contribution in [1.29, 1.82) is 0 Å².